The Morgan fingerprint density at radius 1 is 1.12 bits per heavy atom. The Morgan fingerprint density at radius 3 is 2.62 bits per heavy atom. The topological polar surface area (TPSA) is 39.1 Å². The van der Waals surface area contributed by atoms with Crippen LogP contribution in [0.5, 0.6) is 5.75 Å². The van der Waals surface area contributed by atoms with E-state index in [0.717, 1.165) is 31.8 Å². The van der Waals surface area contributed by atoms with E-state index < -0.39 is 0 Å². The highest BCUT2D eigenvalue weighted by molar-refractivity contribution is 5.85. The number of rotatable bonds is 7. The smallest absolute Gasteiger partial charge is 0.118 e. The molecule has 0 atom stereocenters. The third-order valence-electron chi connectivity index (χ3n) is 4.34. The minimum absolute atomic E-state index is 0.769. The van der Waals surface area contributed by atoms with Crippen molar-refractivity contribution < 1.29 is 4.74 Å². The van der Waals surface area contributed by atoms with Crippen LogP contribution in [0.4, 0.5) is 0 Å². The molecule has 0 radical (unpaired) electrons. The van der Waals surface area contributed by atoms with Gasteiger partial charge in [0.2, 0.25) is 0 Å². The van der Waals surface area contributed by atoms with Crippen LogP contribution in [0.2, 0.25) is 0 Å². The van der Waals surface area contributed by atoms with Crippen molar-refractivity contribution in [1.82, 2.24) is 15.1 Å². The van der Waals surface area contributed by atoms with Gasteiger partial charge in [-0.3, -0.25) is 4.68 Å². The van der Waals surface area contributed by atoms with Crippen molar-refractivity contribution in [3.8, 4) is 5.75 Å². The van der Waals surface area contributed by atoms with Gasteiger partial charge in [0.15, 0.2) is 0 Å². The van der Waals surface area contributed by atoms with Crippen LogP contribution in [0.3, 0.4) is 0 Å². The van der Waals surface area contributed by atoms with Crippen LogP contribution in [0.15, 0.2) is 42.5 Å². The molecule has 0 fully saturated rings. The Kier molecular flexibility index (Phi) is 5.16. The molecule has 0 aliphatic carbocycles. The van der Waals surface area contributed by atoms with E-state index >= 15 is 0 Å². The van der Waals surface area contributed by atoms with E-state index in [9.17, 15) is 0 Å². The van der Waals surface area contributed by atoms with Crippen molar-refractivity contribution >= 4 is 10.9 Å². The van der Waals surface area contributed by atoms with Gasteiger partial charge in [0, 0.05) is 18.4 Å². The molecule has 0 bridgehead atoms. The van der Waals surface area contributed by atoms with Gasteiger partial charge in [-0.1, -0.05) is 31.2 Å². The molecule has 126 valence electrons. The average molecular weight is 323 g/mol. The van der Waals surface area contributed by atoms with Gasteiger partial charge in [0.25, 0.3) is 0 Å². The quantitative estimate of drug-likeness (QED) is 0.676. The predicted molar refractivity (Wildman–Crippen MR) is 98.8 cm³/mol. The summed E-state index contributed by atoms with van der Waals surface area (Å²) in [7, 11) is 1.69. The predicted octanol–water partition coefficient (Wildman–Crippen LogP) is 3.55. The fraction of sp³-hybridized carbons (Fsp3) is 0.350. The Morgan fingerprint density at radius 2 is 1.92 bits per heavy atom. The van der Waals surface area contributed by atoms with Crippen LogP contribution in [0.1, 0.15) is 23.7 Å². The van der Waals surface area contributed by atoms with E-state index in [0.29, 0.717) is 0 Å². The van der Waals surface area contributed by atoms with E-state index in [1.807, 2.05) is 12.1 Å². The number of aromatic nitrogens is 2. The van der Waals surface area contributed by atoms with E-state index in [2.05, 4.69) is 54.2 Å². The lowest BCUT2D eigenvalue weighted by Gasteiger charge is -2.05. The van der Waals surface area contributed by atoms with E-state index in [4.69, 9.17) is 9.84 Å². The molecule has 1 aromatic heterocycles. The summed E-state index contributed by atoms with van der Waals surface area (Å²) in [5, 5.41) is 9.59. The second kappa shape index (κ2) is 7.49. The molecule has 2 aromatic carbocycles. The summed E-state index contributed by atoms with van der Waals surface area (Å²) in [6.07, 6.45) is 0.949. The molecule has 0 unspecified atom stereocenters. The number of hydrogen-bond donors (Lipinski definition) is 1. The zero-order chi connectivity index (χ0) is 16.9. The number of nitrogens with one attached hydrogen (secondary N) is 1. The van der Waals surface area contributed by atoms with Gasteiger partial charge in [-0.2, -0.15) is 5.10 Å². The summed E-state index contributed by atoms with van der Waals surface area (Å²) >= 11 is 0. The Balaban J connectivity index is 1.93. The fourth-order valence-electron chi connectivity index (χ4n) is 3.08. The second-order valence-corrected chi connectivity index (χ2v) is 6.03. The van der Waals surface area contributed by atoms with Gasteiger partial charge in [-0.25, -0.2) is 0 Å². The summed E-state index contributed by atoms with van der Waals surface area (Å²) in [6, 6.07) is 14.6. The van der Waals surface area contributed by atoms with Crippen LogP contribution in [-0.2, 0) is 13.0 Å². The maximum atomic E-state index is 5.23. The minimum atomic E-state index is 0.769. The third-order valence-corrected chi connectivity index (χ3v) is 4.34. The first kappa shape index (κ1) is 16.5. The van der Waals surface area contributed by atoms with Gasteiger partial charge in [-0.05, 0) is 42.8 Å². The number of nitrogens with zero attached hydrogens (tertiary/aromatic N) is 2. The Bertz CT molecular complexity index is 806. The number of aryl methyl sites for hydroxylation is 1. The van der Waals surface area contributed by atoms with Crippen LogP contribution >= 0.6 is 0 Å². The third kappa shape index (κ3) is 3.44. The van der Waals surface area contributed by atoms with Crippen LogP contribution in [-0.4, -0.2) is 30.0 Å². The SMILES string of the molecule is CCNCCc1nn(Cc2ccc(OC)cc2)c2cccc(C)c12. The zero-order valence-electron chi connectivity index (χ0n) is 14.7. The van der Waals surface area contributed by atoms with Gasteiger partial charge >= 0.3 is 0 Å². The maximum Gasteiger partial charge on any atom is 0.118 e. The molecule has 1 heterocycles. The summed E-state index contributed by atoms with van der Waals surface area (Å²) in [6.45, 7) is 7.01. The molecule has 4 nitrogen and oxygen atoms in total. The molecule has 1 N–H and O–H groups in total. The molecule has 0 amide bonds. The van der Waals surface area contributed by atoms with Crippen molar-refractivity contribution in [2.24, 2.45) is 0 Å². The van der Waals surface area contributed by atoms with E-state index in [-0.39, 0.29) is 0 Å². The van der Waals surface area contributed by atoms with Crippen molar-refractivity contribution in [2.75, 3.05) is 20.2 Å². The van der Waals surface area contributed by atoms with Crippen molar-refractivity contribution in [3.63, 3.8) is 0 Å². The largest absolute Gasteiger partial charge is 0.497 e. The maximum absolute atomic E-state index is 5.23. The monoisotopic (exact) mass is 323 g/mol. The highest BCUT2D eigenvalue weighted by Gasteiger charge is 2.12. The lowest BCUT2D eigenvalue weighted by Crippen LogP contribution is -2.16. The lowest BCUT2D eigenvalue weighted by molar-refractivity contribution is 0.414. The molecular weight excluding hydrogens is 298 g/mol. The highest BCUT2D eigenvalue weighted by Crippen LogP contribution is 2.24. The van der Waals surface area contributed by atoms with Crippen LogP contribution in [0.25, 0.3) is 10.9 Å². The van der Waals surface area contributed by atoms with Gasteiger partial charge in [0.1, 0.15) is 5.75 Å². The summed E-state index contributed by atoms with van der Waals surface area (Å²) < 4.78 is 7.35. The number of methoxy groups -OCH3 is 1. The number of hydrogen-bond acceptors (Lipinski definition) is 3. The zero-order valence-corrected chi connectivity index (χ0v) is 14.7. The van der Waals surface area contributed by atoms with Gasteiger partial charge in [0.05, 0.1) is 24.9 Å². The normalized spacial score (nSPS) is 11.1. The standard InChI is InChI=1S/C20H25N3O/c1-4-21-13-12-18-20-15(2)6-5-7-19(20)23(22-18)14-16-8-10-17(24-3)11-9-16/h5-11,21H,4,12-14H2,1-3H3. The first-order chi connectivity index (χ1) is 11.7. The number of fused-ring (bicyclic) bond motifs is 1. The van der Waals surface area contributed by atoms with Crippen molar-refractivity contribution in [3.05, 3.63) is 59.3 Å². The summed E-state index contributed by atoms with van der Waals surface area (Å²) in [5.41, 5.74) is 4.90. The molecule has 0 spiro atoms. The molecule has 3 aromatic rings. The summed E-state index contributed by atoms with van der Waals surface area (Å²) in [5.74, 6) is 0.881. The Hall–Kier alpha value is -2.33. The van der Waals surface area contributed by atoms with E-state index in [1.54, 1.807) is 7.11 Å². The first-order valence-electron chi connectivity index (χ1n) is 8.51. The van der Waals surface area contributed by atoms with Crippen molar-refractivity contribution in [1.29, 1.82) is 0 Å². The van der Waals surface area contributed by atoms with E-state index in [1.165, 1.54) is 27.7 Å². The average Bonchev–Trinajstić information content (AvgIpc) is 2.95. The molecule has 0 saturated heterocycles. The highest BCUT2D eigenvalue weighted by atomic mass is 16.5. The minimum Gasteiger partial charge on any atom is -0.497 e. The molecule has 24 heavy (non-hydrogen) atoms. The van der Waals surface area contributed by atoms with Crippen LogP contribution < -0.4 is 10.1 Å². The van der Waals surface area contributed by atoms with Crippen LogP contribution in [0, 0.1) is 6.92 Å². The first-order valence-corrected chi connectivity index (χ1v) is 8.51. The molecule has 0 aliphatic heterocycles. The summed E-state index contributed by atoms with van der Waals surface area (Å²) in [4.78, 5) is 0. The lowest BCUT2D eigenvalue weighted by atomic mass is 10.1. The molecule has 4 heteroatoms. The molecule has 3 rings (SSSR count). The fourth-order valence-corrected chi connectivity index (χ4v) is 3.08. The van der Waals surface area contributed by atoms with Gasteiger partial charge < -0.3 is 10.1 Å². The van der Waals surface area contributed by atoms with Crippen molar-refractivity contribution in [2.45, 2.75) is 26.8 Å². The molecular formula is C20H25N3O. The second-order valence-electron chi connectivity index (χ2n) is 6.03. The number of likely N-dealkylation sites (N-methyl/N-ethyl adjacent to an activating group) is 1. The molecule has 0 aliphatic rings. The Labute approximate surface area is 143 Å². The number of benzene rings is 2. The number of ether oxygens (including phenoxy) is 1. The molecule has 0 saturated carbocycles. The van der Waals surface area contributed by atoms with Gasteiger partial charge in [-0.15, -0.1) is 0 Å².